The molecule has 0 spiro atoms. The Morgan fingerprint density at radius 2 is 2.04 bits per heavy atom. The number of amides is 1. The van der Waals surface area contributed by atoms with Gasteiger partial charge in [-0.2, -0.15) is 0 Å². The van der Waals surface area contributed by atoms with Crippen LogP contribution in [0.1, 0.15) is 17.3 Å². The number of carbonyl (C=O) groups is 1. The largest absolute Gasteiger partial charge is 0.478 e. The lowest BCUT2D eigenvalue weighted by molar-refractivity contribution is 0.102. The molecule has 3 aromatic rings. The Kier molecular flexibility index (Phi) is 4.23. The number of hydrogen-bond donors (Lipinski definition) is 1. The average Bonchev–Trinajstić information content (AvgIpc) is 3.11. The number of hydrogen-bond acceptors (Lipinski definition) is 6. The Labute approximate surface area is 132 Å². The molecule has 3 rings (SSSR count). The van der Waals surface area contributed by atoms with Crippen molar-refractivity contribution >= 4 is 11.6 Å². The van der Waals surface area contributed by atoms with Crippen LogP contribution in [0.4, 0.5) is 5.69 Å². The van der Waals surface area contributed by atoms with Crippen LogP contribution in [-0.2, 0) is 0 Å². The third-order valence-electron chi connectivity index (χ3n) is 2.92. The van der Waals surface area contributed by atoms with E-state index in [9.17, 15) is 4.79 Å². The summed E-state index contributed by atoms with van der Waals surface area (Å²) >= 11 is 0. The molecule has 0 aliphatic heterocycles. The summed E-state index contributed by atoms with van der Waals surface area (Å²) in [7, 11) is 0. The molecule has 23 heavy (non-hydrogen) atoms. The number of aromatic nitrogens is 5. The van der Waals surface area contributed by atoms with Gasteiger partial charge in [-0.1, -0.05) is 0 Å². The molecule has 0 saturated carbocycles. The predicted molar refractivity (Wildman–Crippen MR) is 82.5 cm³/mol. The van der Waals surface area contributed by atoms with Crippen molar-refractivity contribution in [2.75, 3.05) is 11.9 Å². The molecule has 116 valence electrons. The fourth-order valence-corrected chi connectivity index (χ4v) is 1.85. The smallest absolute Gasteiger partial charge is 0.257 e. The Morgan fingerprint density at radius 3 is 2.65 bits per heavy atom. The molecule has 3 heterocycles. The van der Waals surface area contributed by atoms with E-state index >= 15 is 0 Å². The highest BCUT2D eigenvalue weighted by atomic mass is 16.5. The number of nitrogens with one attached hydrogen (secondary N) is 1. The predicted octanol–water partition coefficient (Wildman–Crippen LogP) is 1.71. The van der Waals surface area contributed by atoms with Gasteiger partial charge in [0.25, 0.3) is 5.91 Å². The van der Waals surface area contributed by atoms with Crippen molar-refractivity contribution in [2.45, 2.75) is 6.92 Å². The van der Waals surface area contributed by atoms with Crippen molar-refractivity contribution < 1.29 is 9.53 Å². The van der Waals surface area contributed by atoms with E-state index < -0.39 is 0 Å². The summed E-state index contributed by atoms with van der Waals surface area (Å²) < 4.78 is 6.91. The van der Waals surface area contributed by atoms with Gasteiger partial charge in [-0.15, -0.1) is 0 Å². The lowest BCUT2D eigenvalue weighted by Crippen LogP contribution is -2.13. The number of pyridine rings is 1. The Morgan fingerprint density at radius 1 is 1.22 bits per heavy atom. The first-order valence-electron chi connectivity index (χ1n) is 6.97. The van der Waals surface area contributed by atoms with E-state index in [1.807, 2.05) is 6.92 Å². The molecular weight excluding hydrogens is 296 g/mol. The highest BCUT2D eigenvalue weighted by molar-refractivity contribution is 6.03. The molecule has 0 aromatic carbocycles. The van der Waals surface area contributed by atoms with Crippen molar-refractivity contribution in [1.82, 2.24) is 24.5 Å². The van der Waals surface area contributed by atoms with E-state index in [2.05, 4.69) is 25.3 Å². The van der Waals surface area contributed by atoms with Gasteiger partial charge in [0.05, 0.1) is 30.3 Å². The van der Waals surface area contributed by atoms with Gasteiger partial charge >= 0.3 is 0 Å². The third-order valence-corrected chi connectivity index (χ3v) is 2.92. The zero-order chi connectivity index (χ0) is 16.1. The molecule has 0 atom stereocenters. The molecule has 0 saturated heterocycles. The molecule has 0 unspecified atom stereocenters. The van der Waals surface area contributed by atoms with Crippen LogP contribution in [0.2, 0.25) is 0 Å². The number of imidazole rings is 1. The molecule has 8 nitrogen and oxygen atoms in total. The number of carbonyl (C=O) groups excluding carboxylic acids is 1. The van der Waals surface area contributed by atoms with Crippen molar-refractivity contribution in [1.29, 1.82) is 0 Å². The molecule has 0 aliphatic rings. The summed E-state index contributed by atoms with van der Waals surface area (Å²) in [6.45, 7) is 2.40. The zero-order valence-electron chi connectivity index (χ0n) is 12.4. The number of rotatable bonds is 5. The van der Waals surface area contributed by atoms with Crippen molar-refractivity contribution in [3.63, 3.8) is 0 Å². The standard InChI is InChI=1S/C15H14N6O2/c1-2-23-13-4-3-11(7-17-13)14(22)20-12-8-18-15(19-9-12)21-6-5-16-10-21/h3-10H,2H2,1H3,(H,20,22). The number of nitrogens with zero attached hydrogens (tertiary/aromatic N) is 5. The van der Waals surface area contributed by atoms with Gasteiger partial charge in [0.1, 0.15) is 6.33 Å². The fourth-order valence-electron chi connectivity index (χ4n) is 1.85. The van der Waals surface area contributed by atoms with Crippen molar-refractivity contribution in [3.8, 4) is 11.8 Å². The van der Waals surface area contributed by atoms with Gasteiger partial charge in [-0.25, -0.2) is 19.9 Å². The summed E-state index contributed by atoms with van der Waals surface area (Å²) in [5.41, 5.74) is 0.917. The summed E-state index contributed by atoms with van der Waals surface area (Å²) in [6.07, 6.45) is 9.49. The lowest BCUT2D eigenvalue weighted by atomic mass is 10.2. The second-order valence-corrected chi connectivity index (χ2v) is 4.51. The van der Waals surface area contributed by atoms with Crippen LogP contribution in [0.3, 0.4) is 0 Å². The van der Waals surface area contributed by atoms with Crippen molar-refractivity contribution in [2.24, 2.45) is 0 Å². The van der Waals surface area contributed by atoms with E-state index in [0.717, 1.165) is 0 Å². The van der Waals surface area contributed by atoms with Crippen LogP contribution in [0.15, 0.2) is 49.4 Å². The monoisotopic (exact) mass is 310 g/mol. The molecule has 0 radical (unpaired) electrons. The van der Waals surface area contributed by atoms with Gasteiger partial charge in [0.15, 0.2) is 0 Å². The maximum atomic E-state index is 12.1. The average molecular weight is 310 g/mol. The summed E-state index contributed by atoms with van der Waals surface area (Å²) in [6, 6.07) is 3.30. The fraction of sp³-hybridized carbons (Fsp3) is 0.133. The molecule has 0 aliphatic carbocycles. The Bertz CT molecular complexity index is 769. The van der Waals surface area contributed by atoms with Gasteiger partial charge in [0.2, 0.25) is 11.8 Å². The van der Waals surface area contributed by atoms with Gasteiger partial charge in [0, 0.05) is 24.7 Å². The van der Waals surface area contributed by atoms with Crippen LogP contribution < -0.4 is 10.1 Å². The highest BCUT2D eigenvalue weighted by Crippen LogP contribution is 2.11. The zero-order valence-corrected chi connectivity index (χ0v) is 12.4. The topological polar surface area (TPSA) is 94.8 Å². The number of anilines is 1. The normalized spacial score (nSPS) is 10.3. The summed E-state index contributed by atoms with van der Waals surface area (Å²) in [4.78, 5) is 28.4. The third kappa shape index (κ3) is 3.49. The number of ether oxygens (including phenoxy) is 1. The van der Waals surface area contributed by atoms with Gasteiger partial charge in [-0.3, -0.25) is 9.36 Å². The van der Waals surface area contributed by atoms with E-state index in [-0.39, 0.29) is 5.91 Å². The van der Waals surface area contributed by atoms with E-state index in [1.54, 1.807) is 35.4 Å². The SMILES string of the molecule is CCOc1ccc(C(=O)Nc2cnc(-n3ccnc3)nc2)cn1. The highest BCUT2D eigenvalue weighted by Gasteiger charge is 2.08. The minimum absolute atomic E-state index is 0.292. The maximum absolute atomic E-state index is 12.1. The lowest BCUT2D eigenvalue weighted by Gasteiger charge is -2.06. The van der Waals surface area contributed by atoms with Crippen LogP contribution in [-0.4, -0.2) is 37.0 Å². The maximum Gasteiger partial charge on any atom is 0.257 e. The minimum Gasteiger partial charge on any atom is -0.478 e. The first-order valence-corrected chi connectivity index (χ1v) is 6.97. The second-order valence-electron chi connectivity index (χ2n) is 4.51. The first kappa shape index (κ1) is 14.6. The molecule has 8 heteroatoms. The van der Waals surface area contributed by atoms with Crippen LogP contribution in [0, 0.1) is 0 Å². The Hall–Kier alpha value is -3.29. The van der Waals surface area contributed by atoms with E-state index in [0.29, 0.717) is 29.7 Å². The minimum atomic E-state index is -0.292. The van der Waals surface area contributed by atoms with Gasteiger partial charge in [-0.05, 0) is 13.0 Å². The van der Waals surface area contributed by atoms with E-state index in [1.165, 1.54) is 18.6 Å². The molecule has 0 bridgehead atoms. The summed E-state index contributed by atoms with van der Waals surface area (Å²) in [5, 5.41) is 2.71. The molecule has 1 amide bonds. The van der Waals surface area contributed by atoms with Gasteiger partial charge < -0.3 is 10.1 Å². The molecular formula is C15H14N6O2. The second kappa shape index (κ2) is 6.65. The van der Waals surface area contributed by atoms with Crippen LogP contribution >= 0.6 is 0 Å². The van der Waals surface area contributed by atoms with Crippen molar-refractivity contribution in [3.05, 3.63) is 55.0 Å². The first-order chi connectivity index (χ1) is 11.3. The molecule has 3 aromatic heterocycles. The molecule has 0 fully saturated rings. The quantitative estimate of drug-likeness (QED) is 0.771. The van der Waals surface area contributed by atoms with Crippen LogP contribution in [0.5, 0.6) is 5.88 Å². The summed E-state index contributed by atoms with van der Waals surface area (Å²) in [5.74, 6) is 0.667. The Balaban J connectivity index is 1.67. The van der Waals surface area contributed by atoms with E-state index in [4.69, 9.17) is 4.74 Å². The molecule has 1 N–H and O–H groups in total. The van der Waals surface area contributed by atoms with Crippen LogP contribution in [0.25, 0.3) is 5.95 Å².